The summed E-state index contributed by atoms with van der Waals surface area (Å²) in [7, 11) is 0. The molecule has 2 nitrogen and oxygen atoms in total. The lowest BCUT2D eigenvalue weighted by Crippen LogP contribution is -1.96. The van der Waals surface area contributed by atoms with Gasteiger partial charge in [-0.15, -0.1) is 22.7 Å². The van der Waals surface area contributed by atoms with Gasteiger partial charge in [0.1, 0.15) is 0 Å². The van der Waals surface area contributed by atoms with Crippen molar-refractivity contribution in [2.45, 2.75) is 0 Å². The monoisotopic (exact) mass is 748 g/mol. The van der Waals surface area contributed by atoms with Crippen molar-refractivity contribution in [1.82, 2.24) is 9.97 Å². The van der Waals surface area contributed by atoms with Gasteiger partial charge in [0.25, 0.3) is 0 Å². The third-order valence-electron chi connectivity index (χ3n) is 10.7. The van der Waals surface area contributed by atoms with E-state index in [-0.39, 0.29) is 0 Å². The third kappa shape index (κ3) is 5.70. The highest BCUT2D eigenvalue weighted by atomic mass is 32.1. The standard InChI is InChI=1S/C52H32N2S2/c1-2-11-33(12-3-1)34-23-29-37(30-24-34)52-53-44(36-27-25-35(26-28-36)40-17-9-21-48-50(40)42-15-4-6-19-46(42)55-48)32-45(54-52)39-14-8-13-38(31-39)41-18-10-22-49-51(41)43-16-5-7-20-47(43)56-49/h1-32H. The van der Waals surface area contributed by atoms with E-state index in [1.165, 1.54) is 68.2 Å². The molecule has 0 aliphatic carbocycles. The molecule has 0 amide bonds. The Bertz CT molecular complexity index is 3230. The van der Waals surface area contributed by atoms with Gasteiger partial charge < -0.3 is 0 Å². The first-order valence-corrected chi connectivity index (χ1v) is 20.4. The Morgan fingerprint density at radius 1 is 0.286 bits per heavy atom. The molecule has 0 saturated carbocycles. The van der Waals surface area contributed by atoms with E-state index in [1.807, 2.05) is 28.7 Å². The average Bonchev–Trinajstić information content (AvgIpc) is 3.86. The molecule has 11 rings (SSSR count). The highest BCUT2D eigenvalue weighted by molar-refractivity contribution is 7.26. The number of aromatic nitrogens is 2. The first-order chi connectivity index (χ1) is 27.7. The molecule has 0 unspecified atom stereocenters. The zero-order chi connectivity index (χ0) is 37.0. The van der Waals surface area contributed by atoms with Gasteiger partial charge in [0.05, 0.1) is 11.4 Å². The number of hydrogen-bond acceptors (Lipinski definition) is 4. The van der Waals surface area contributed by atoms with Crippen molar-refractivity contribution in [3.63, 3.8) is 0 Å². The molecule has 262 valence electrons. The summed E-state index contributed by atoms with van der Waals surface area (Å²) >= 11 is 3.70. The van der Waals surface area contributed by atoms with Gasteiger partial charge in [-0.25, -0.2) is 9.97 Å². The number of rotatable bonds is 6. The van der Waals surface area contributed by atoms with Crippen molar-refractivity contribution in [2.24, 2.45) is 0 Å². The molecule has 0 aliphatic heterocycles. The molecule has 0 aliphatic rings. The van der Waals surface area contributed by atoms with Gasteiger partial charge in [0, 0.05) is 57.0 Å². The van der Waals surface area contributed by atoms with E-state index in [9.17, 15) is 0 Å². The molecule has 0 radical (unpaired) electrons. The lowest BCUT2D eigenvalue weighted by atomic mass is 9.96. The second-order valence-electron chi connectivity index (χ2n) is 14.1. The number of benzene rings is 8. The molecule has 3 aromatic heterocycles. The molecule has 0 N–H and O–H groups in total. The van der Waals surface area contributed by atoms with Crippen LogP contribution in [-0.4, -0.2) is 9.97 Å². The van der Waals surface area contributed by atoms with Crippen LogP contribution in [0.2, 0.25) is 0 Å². The van der Waals surface area contributed by atoms with E-state index in [0.717, 1.165) is 33.6 Å². The molecule has 8 aromatic carbocycles. The summed E-state index contributed by atoms with van der Waals surface area (Å²) in [6, 6.07) is 69.6. The zero-order valence-corrected chi connectivity index (χ0v) is 31.8. The smallest absolute Gasteiger partial charge is 0.160 e. The van der Waals surface area contributed by atoms with Crippen LogP contribution in [0, 0.1) is 0 Å². The van der Waals surface area contributed by atoms with E-state index < -0.39 is 0 Å². The zero-order valence-electron chi connectivity index (χ0n) is 30.2. The Morgan fingerprint density at radius 2 is 0.732 bits per heavy atom. The second kappa shape index (κ2) is 13.5. The Balaban J connectivity index is 1.03. The van der Waals surface area contributed by atoms with Crippen LogP contribution in [0.3, 0.4) is 0 Å². The van der Waals surface area contributed by atoms with Crippen LogP contribution in [0.4, 0.5) is 0 Å². The summed E-state index contributed by atoms with van der Waals surface area (Å²) in [5.74, 6) is 0.701. The maximum atomic E-state index is 5.25. The minimum absolute atomic E-state index is 0.701. The van der Waals surface area contributed by atoms with Crippen molar-refractivity contribution >= 4 is 63.0 Å². The van der Waals surface area contributed by atoms with Crippen molar-refractivity contribution in [3.8, 4) is 67.3 Å². The molecule has 0 bridgehead atoms. The van der Waals surface area contributed by atoms with Crippen LogP contribution < -0.4 is 0 Å². The molecule has 0 atom stereocenters. The topological polar surface area (TPSA) is 25.8 Å². The first-order valence-electron chi connectivity index (χ1n) is 18.8. The summed E-state index contributed by atoms with van der Waals surface area (Å²) < 4.78 is 5.23. The van der Waals surface area contributed by atoms with E-state index in [0.29, 0.717) is 5.82 Å². The van der Waals surface area contributed by atoms with Crippen molar-refractivity contribution in [3.05, 3.63) is 194 Å². The molecular weight excluding hydrogens is 717 g/mol. The number of fused-ring (bicyclic) bond motifs is 6. The number of nitrogens with zero attached hydrogens (tertiary/aromatic N) is 2. The highest BCUT2D eigenvalue weighted by Gasteiger charge is 2.16. The SMILES string of the molecule is c1ccc(-c2ccc(-c3nc(-c4ccc(-c5cccc6sc7ccccc7c56)cc4)cc(-c4cccc(-c5cccc6sc7ccccc7c56)c4)n3)cc2)cc1. The molecular formula is C52H32N2S2. The molecule has 0 saturated heterocycles. The largest absolute Gasteiger partial charge is 0.228 e. The summed E-state index contributed by atoms with van der Waals surface area (Å²) in [5.41, 5.74) is 12.1. The van der Waals surface area contributed by atoms with Crippen molar-refractivity contribution in [2.75, 3.05) is 0 Å². The Morgan fingerprint density at radius 3 is 1.39 bits per heavy atom. The minimum Gasteiger partial charge on any atom is -0.228 e. The van der Waals surface area contributed by atoms with Crippen LogP contribution in [0.5, 0.6) is 0 Å². The average molecular weight is 749 g/mol. The van der Waals surface area contributed by atoms with E-state index in [1.54, 1.807) is 0 Å². The fraction of sp³-hybridized carbons (Fsp3) is 0. The van der Waals surface area contributed by atoms with Gasteiger partial charge in [0.15, 0.2) is 5.82 Å². The molecule has 4 heteroatoms. The van der Waals surface area contributed by atoms with Gasteiger partial charge in [0.2, 0.25) is 0 Å². The summed E-state index contributed by atoms with van der Waals surface area (Å²) in [6.45, 7) is 0. The van der Waals surface area contributed by atoms with E-state index in [4.69, 9.17) is 9.97 Å². The molecule has 0 fully saturated rings. The van der Waals surface area contributed by atoms with E-state index >= 15 is 0 Å². The lowest BCUT2D eigenvalue weighted by molar-refractivity contribution is 1.18. The first kappa shape index (κ1) is 32.7. The van der Waals surface area contributed by atoms with Gasteiger partial charge in [-0.05, 0) is 69.8 Å². The van der Waals surface area contributed by atoms with E-state index in [2.05, 4.69) is 188 Å². The van der Waals surface area contributed by atoms with Crippen molar-refractivity contribution in [1.29, 1.82) is 0 Å². The van der Waals surface area contributed by atoms with Gasteiger partial charge in [-0.3, -0.25) is 0 Å². The second-order valence-corrected chi connectivity index (χ2v) is 16.3. The Kier molecular flexibility index (Phi) is 7.90. The van der Waals surface area contributed by atoms with Gasteiger partial charge >= 0.3 is 0 Å². The third-order valence-corrected chi connectivity index (χ3v) is 13.0. The summed E-state index contributed by atoms with van der Waals surface area (Å²) in [4.78, 5) is 10.5. The maximum Gasteiger partial charge on any atom is 0.160 e. The minimum atomic E-state index is 0.701. The lowest BCUT2D eigenvalue weighted by Gasteiger charge is -2.12. The number of thiophene rings is 2. The molecule has 0 spiro atoms. The highest BCUT2D eigenvalue weighted by Crippen LogP contribution is 2.42. The Labute approximate surface area is 332 Å². The van der Waals surface area contributed by atoms with Crippen molar-refractivity contribution < 1.29 is 0 Å². The van der Waals surface area contributed by atoms with Crippen LogP contribution in [0.15, 0.2) is 194 Å². The fourth-order valence-corrected chi connectivity index (χ4v) is 10.3. The molecule has 11 aromatic rings. The van der Waals surface area contributed by atoms with Crippen LogP contribution in [-0.2, 0) is 0 Å². The fourth-order valence-electron chi connectivity index (χ4n) is 8.01. The predicted molar refractivity (Wildman–Crippen MR) is 240 cm³/mol. The summed E-state index contributed by atoms with van der Waals surface area (Å²) in [6.07, 6.45) is 0. The van der Waals surface area contributed by atoms with Crippen LogP contribution in [0.25, 0.3) is 108 Å². The van der Waals surface area contributed by atoms with Crippen LogP contribution in [0.1, 0.15) is 0 Å². The maximum absolute atomic E-state index is 5.25. The van der Waals surface area contributed by atoms with Gasteiger partial charge in [-0.1, -0.05) is 158 Å². The van der Waals surface area contributed by atoms with Gasteiger partial charge in [-0.2, -0.15) is 0 Å². The predicted octanol–water partition coefficient (Wildman–Crippen LogP) is 15.2. The van der Waals surface area contributed by atoms with Crippen LogP contribution >= 0.6 is 22.7 Å². The molecule has 3 heterocycles. The Hall–Kier alpha value is -6.72. The number of hydrogen-bond donors (Lipinski definition) is 0. The normalized spacial score (nSPS) is 11.6. The quantitative estimate of drug-likeness (QED) is 0.169. The molecule has 56 heavy (non-hydrogen) atoms. The summed E-state index contributed by atoms with van der Waals surface area (Å²) in [5, 5.41) is 5.23.